The van der Waals surface area contributed by atoms with Crippen molar-refractivity contribution in [1.82, 2.24) is 0 Å². The quantitative estimate of drug-likeness (QED) is 0.601. The zero-order chi connectivity index (χ0) is 13.0. The fraction of sp³-hybridized carbons (Fsp3) is 0.188. The lowest BCUT2D eigenvalue weighted by Gasteiger charge is -2.10. The van der Waals surface area contributed by atoms with E-state index < -0.39 is 0 Å². The molecule has 0 heterocycles. The van der Waals surface area contributed by atoms with Gasteiger partial charge in [0.1, 0.15) is 0 Å². The molecule has 0 aliphatic heterocycles. The Hall–Kier alpha value is -2.09. The maximum Gasteiger partial charge on any atom is 0.338 e. The molecule has 2 aromatic rings. The first kappa shape index (κ1) is 12.4. The number of benzene rings is 2. The Balaban J connectivity index is 2.62. The Kier molecular flexibility index (Phi) is 3.78. The molecule has 0 fully saturated rings. The lowest BCUT2D eigenvalue weighted by atomic mass is 9.96. The first-order valence-corrected chi connectivity index (χ1v) is 5.97. The number of carbonyl (C=O) groups is 1. The van der Waals surface area contributed by atoms with E-state index in [2.05, 4.69) is 6.58 Å². The summed E-state index contributed by atoms with van der Waals surface area (Å²) in [6.07, 6.45) is 3.51. The summed E-state index contributed by atoms with van der Waals surface area (Å²) in [7, 11) is 1.42. The number of fused-ring (bicyclic) bond motifs is 1. The molecule has 92 valence electrons. The van der Waals surface area contributed by atoms with Gasteiger partial charge in [-0.1, -0.05) is 42.5 Å². The molecule has 0 aliphatic carbocycles. The van der Waals surface area contributed by atoms with Gasteiger partial charge in [0.2, 0.25) is 0 Å². The largest absolute Gasteiger partial charge is 0.465 e. The molecule has 0 saturated heterocycles. The van der Waals surface area contributed by atoms with Crippen molar-refractivity contribution in [1.29, 1.82) is 0 Å². The normalized spacial score (nSPS) is 10.3. The number of rotatable bonds is 4. The van der Waals surface area contributed by atoms with E-state index in [-0.39, 0.29) is 5.97 Å². The second-order valence-electron chi connectivity index (χ2n) is 4.14. The molecule has 0 spiro atoms. The highest BCUT2D eigenvalue weighted by Gasteiger charge is 2.15. The zero-order valence-corrected chi connectivity index (χ0v) is 10.5. The summed E-state index contributed by atoms with van der Waals surface area (Å²) in [5.74, 6) is -0.272. The summed E-state index contributed by atoms with van der Waals surface area (Å²) in [5.41, 5.74) is 1.69. The third-order valence-electron chi connectivity index (χ3n) is 3.02. The molecule has 2 rings (SSSR count). The minimum Gasteiger partial charge on any atom is -0.465 e. The third-order valence-corrected chi connectivity index (χ3v) is 3.02. The van der Waals surface area contributed by atoms with Gasteiger partial charge in [-0.2, -0.15) is 0 Å². The maximum absolute atomic E-state index is 12.0. The number of carbonyl (C=O) groups excluding carboxylic acids is 1. The molecule has 0 atom stereocenters. The highest BCUT2D eigenvalue weighted by molar-refractivity contribution is 6.05. The minimum atomic E-state index is -0.272. The van der Waals surface area contributed by atoms with Crippen LogP contribution >= 0.6 is 0 Å². The molecule has 0 aliphatic rings. The van der Waals surface area contributed by atoms with Crippen molar-refractivity contribution in [2.45, 2.75) is 12.8 Å². The number of aryl methyl sites for hydroxylation is 1. The first-order valence-electron chi connectivity index (χ1n) is 5.97. The number of allylic oxidation sites excluding steroid dienone is 1. The van der Waals surface area contributed by atoms with E-state index in [1.54, 1.807) is 0 Å². The van der Waals surface area contributed by atoms with Crippen LogP contribution in [0.5, 0.6) is 0 Å². The molecule has 0 aromatic heterocycles. The molecule has 2 aromatic carbocycles. The van der Waals surface area contributed by atoms with Gasteiger partial charge >= 0.3 is 5.97 Å². The van der Waals surface area contributed by atoms with Crippen LogP contribution in [0, 0.1) is 0 Å². The van der Waals surface area contributed by atoms with Crippen molar-refractivity contribution in [2.24, 2.45) is 0 Å². The first-order chi connectivity index (χ1) is 8.77. The van der Waals surface area contributed by atoms with Gasteiger partial charge in [-0.25, -0.2) is 4.79 Å². The average Bonchev–Trinajstić information content (AvgIpc) is 2.43. The van der Waals surface area contributed by atoms with Crippen LogP contribution < -0.4 is 0 Å². The lowest BCUT2D eigenvalue weighted by Crippen LogP contribution is -2.06. The van der Waals surface area contributed by atoms with Gasteiger partial charge in [-0.3, -0.25) is 0 Å². The topological polar surface area (TPSA) is 26.3 Å². The van der Waals surface area contributed by atoms with Crippen molar-refractivity contribution in [2.75, 3.05) is 7.11 Å². The predicted octanol–water partition coefficient (Wildman–Crippen LogP) is 3.75. The highest BCUT2D eigenvalue weighted by Crippen LogP contribution is 2.24. The molecule has 18 heavy (non-hydrogen) atoms. The van der Waals surface area contributed by atoms with Crippen LogP contribution in [0.15, 0.2) is 49.1 Å². The molecule has 0 saturated carbocycles. The van der Waals surface area contributed by atoms with Crippen molar-refractivity contribution in [3.63, 3.8) is 0 Å². The van der Waals surface area contributed by atoms with Gasteiger partial charge in [-0.15, -0.1) is 6.58 Å². The van der Waals surface area contributed by atoms with Crippen LogP contribution in [-0.4, -0.2) is 13.1 Å². The van der Waals surface area contributed by atoms with Gasteiger partial charge in [0.05, 0.1) is 12.7 Å². The van der Waals surface area contributed by atoms with Crippen LogP contribution in [0.25, 0.3) is 10.8 Å². The lowest BCUT2D eigenvalue weighted by molar-refractivity contribution is 0.0602. The van der Waals surface area contributed by atoms with Crippen molar-refractivity contribution in [3.8, 4) is 0 Å². The van der Waals surface area contributed by atoms with E-state index >= 15 is 0 Å². The van der Waals surface area contributed by atoms with Gasteiger partial charge in [0.25, 0.3) is 0 Å². The SMILES string of the molecule is C=CCCc1ccc2ccccc2c1C(=O)OC. The van der Waals surface area contributed by atoms with Gasteiger partial charge in [-0.05, 0) is 29.2 Å². The van der Waals surface area contributed by atoms with E-state index in [0.717, 1.165) is 29.2 Å². The maximum atomic E-state index is 12.0. The highest BCUT2D eigenvalue weighted by atomic mass is 16.5. The number of ether oxygens (including phenoxy) is 1. The number of hydrogen-bond donors (Lipinski definition) is 0. The Labute approximate surface area is 107 Å². The van der Waals surface area contributed by atoms with Gasteiger partial charge < -0.3 is 4.74 Å². The van der Waals surface area contributed by atoms with E-state index in [1.165, 1.54) is 7.11 Å². The monoisotopic (exact) mass is 240 g/mol. The van der Waals surface area contributed by atoms with Crippen LogP contribution in [0.1, 0.15) is 22.3 Å². The Morgan fingerprint density at radius 1 is 1.28 bits per heavy atom. The molecule has 0 N–H and O–H groups in total. The summed E-state index contributed by atoms with van der Waals surface area (Å²) in [6.45, 7) is 3.72. The Bertz CT molecular complexity index is 585. The number of methoxy groups -OCH3 is 1. The number of esters is 1. The van der Waals surface area contributed by atoms with Crippen molar-refractivity contribution < 1.29 is 9.53 Å². The van der Waals surface area contributed by atoms with E-state index in [0.29, 0.717) is 5.56 Å². The summed E-state index contributed by atoms with van der Waals surface area (Å²) < 4.78 is 4.90. The molecular weight excluding hydrogens is 224 g/mol. The summed E-state index contributed by atoms with van der Waals surface area (Å²) in [4.78, 5) is 12.0. The van der Waals surface area contributed by atoms with Gasteiger partial charge in [0.15, 0.2) is 0 Å². The molecule has 2 nitrogen and oxygen atoms in total. The van der Waals surface area contributed by atoms with Crippen molar-refractivity contribution >= 4 is 16.7 Å². The predicted molar refractivity (Wildman–Crippen MR) is 73.8 cm³/mol. The van der Waals surface area contributed by atoms with E-state index in [1.807, 2.05) is 42.5 Å². The standard InChI is InChI=1S/C16H16O2/c1-3-4-7-13-11-10-12-8-5-6-9-14(12)15(13)16(17)18-2/h3,5-6,8-11H,1,4,7H2,2H3. The average molecular weight is 240 g/mol. The summed E-state index contributed by atoms with van der Waals surface area (Å²) in [6, 6.07) is 11.9. The zero-order valence-electron chi connectivity index (χ0n) is 10.5. The molecular formula is C16H16O2. The molecule has 2 heteroatoms. The van der Waals surface area contributed by atoms with Gasteiger partial charge in [0, 0.05) is 0 Å². The Morgan fingerprint density at radius 3 is 2.78 bits per heavy atom. The van der Waals surface area contributed by atoms with Crippen LogP contribution in [0.3, 0.4) is 0 Å². The molecule has 0 radical (unpaired) electrons. The van der Waals surface area contributed by atoms with E-state index in [9.17, 15) is 4.79 Å². The van der Waals surface area contributed by atoms with Crippen LogP contribution in [-0.2, 0) is 11.2 Å². The number of hydrogen-bond acceptors (Lipinski definition) is 2. The second-order valence-corrected chi connectivity index (χ2v) is 4.14. The fourth-order valence-corrected chi connectivity index (χ4v) is 2.13. The van der Waals surface area contributed by atoms with Crippen LogP contribution in [0.2, 0.25) is 0 Å². The Morgan fingerprint density at radius 2 is 2.06 bits per heavy atom. The summed E-state index contributed by atoms with van der Waals surface area (Å²) >= 11 is 0. The minimum absolute atomic E-state index is 0.272. The van der Waals surface area contributed by atoms with Crippen molar-refractivity contribution in [3.05, 3.63) is 60.2 Å². The molecule has 0 unspecified atom stereocenters. The second kappa shape index (κ2) is 5.50. The molecule has 0 bridgehead atoms. The smallest absolute Gasteiger partial charge is 0.338 e. The third kappa shape index (κ3) is 2.28. The molecule has 0 amide bonds. The summed E-state index contributed by atoms with van der Waals surface area (Å²) in [5, 5.41) is 2.01. The fourth-order valence-electron chi connectivity index (χ4n) is 2.13. The van der Waals surface area contributed by atoms with Crippen LogP contribution in [0.4, 0.5) is 0 Å². The van der Waals surface area contributed by atoms with E-state index in [4.69, 9.17) is 4.74 Å².